The summed E-state index contributed by atoms with van der Waals surface area (Å²) in [6.07, 6.45) is 1.60. The zero-order valence-electron chi connectivity index (χ0n) is 12.6. The van der Waals surface area contributed by atoms with E-state index in [2.05, 4.69) is 5.32 Å². The van der Waals surface area contributed by atoms with Crippen molar-refractivity contribution < 1.29 is 4.79 Å². The first-order valence-corrected chi connectivity index (χ1v) is 7.68. The minimum atomic E-state index is -0.330. The molecular formula is C15H17Cl2N3O2. The van der Waals surface area contributed by atoms with E-state index in [0.29, 0.717) is 28.1 Å². The summed E-state index contributed by atoms with van der Waals surface area (Å²) >= 11 is 12.1. The molecule has 7 heteroatoms. The van der Waals surface area contributed by atoms with Crippen molar-refractivity contribution in [3.8, 4) is 0 Å². The number of anilines is 1. The molecule has 0 aromatic carbocycles. The average molecular weight is 342 g/mol. The van der Waals surface area contributed by atoms with Crippen LogP contribution < -0.4 is 10.9 Å². The Bertz CT molecular complexity index is 763. The van der Waals surface area contributed by atoms with Gasteiger partial charge in [-0.3, -0.25) is 9.59 Å². The summed E-state index contributed by atoms with van der Waals surface area (Å²) in [5.41, 5.74) is 0.798. The first-order valence-electron chi connectivity index (χ1n) is 6.93. The van der Waals surface area contributed by atoms with Gasteiger partial charge in [0.05, 0.1) is 10.7 Å². The van der Waals surface area contributed by atoms with Gasteiger partial charge >= 0.3 is 0 Å². The lowest BCUT2D eigenvalue weighted by atomic mass is 10.3. The highest BCUT2D eigenvalue weighted by molar-refractivity contribution is 6.42. The molecule has 1 N–H and O–H groups in total. The second-order valence-electron chi connectivity index (χ2n) is 5.13. The number of amides is 1. The predicted octanol–water partition coefficient (Wildman–Crippen LogP) is 3.81. The molecule has 0 aliphatic carbocycles. The molecule has 2 heterocycles. The highest BCUT2D eigenvalue weighted by Gasteiger charge is 2.20. The van der Waals surface area contributed by atoms with Gasteiger partial charge in [0, 0.05) is 24.8 Å². The van der Waals surface area contributed by atoms with Crippen LogP contribution in [-0.2, 0) is 6.54 Å². The predicted molar refractivity (Wildman–Crippen MR) is 89.2 cm³/mol. The van der Waals surface area contributed by atoms with E-state index >= 15 is 0 Å². The Morgan fingerprint density at radius 2 is 2.00 bits per heavy atom. The van der Waals surface area contributed by atoms with Crippen molar-refractivity contribution in [2.75, 3.05) is 5.32 Å². The fraction of sp³-hybridized carbons (Fsp3) is 0.333. The van der Waals surface area contributed by atoms with Crippen molar-refractivity contribution in [3.05, 3.63) is 50.6 Å². The van der Waals surface area contributed by atoms with Crippen molar-refractivity contribution >= 4 is 34.8 Å². The van der Waals surface area contributed by atoms with Crippen LogP contribution in [0.25, 0.3) is 0 Å². The normalized spacial score (nSPS) is 11.0. The maximum Gasteiger partial charge on any atom is 0.272 e. The largest absolute Gasteiger partial charge is 0.324 e. The number of carbonyl (C=O) groups is 1. The minimum Gasteiger partial charge on any atom is -0.324 e. The van der Waals surface area contributed by atoms with Gasteiger partial charge in [-0.15, -0.1) is 0 Å². The van der Waals surface area contributed by atoms with E-state index in [-0.39, 0.29) is 17.5 Å². The Kier molecular flexibility index (Phi) is 4.98. The molecule has 2 rings (SSSR count). The maximum absolute atomic E-state index is 12.5. The summed E-state index contributed by atoms with van der Waals surface area (Å²) in [7, 11) is 0. The van der Waals surface area contributed by atoms with E-state index in [1.54, 1.807) is 16.8 Å². The molecule has 22 heavy (non-hydrogen) atoms. The summed E-state index contributed by atoms with van der Waals surface area (Å²) in [4.78, 5) is 24.0. The molecule has 2 aromatic heterocycles. The highest BCUT2D eigenvalue weighted by atomic mass is 35.5. The third-order valence-electron chi connectivity index (χ3n) is 3.26. The van der Waals surface area contributed by atoms with Crippen LogP contribution in [0.3, 0.4) is 0 Å². The second-order valence-corrected chi connectivity index (χ2v) is 5.89. The second kappa shape index (κ2) is 6.58. The van der Waals surface area contributed by atoms with Gasteiger partial charge in [-0.2, -0.15) is 0 Å². The molecule has 0 saturated heterocycles. The Balaban J connectivity index is 2.34. The molecule has 0 aliphatic heterocycles. The van der Waals surface area contributed by atoms with Crippen LogP contribution in [0.2, 0.25) is 10.2 Å². The summed E-state index contributed by atoms with van der Waals surface area (Å²) < 4.78 is 3.17. The SMILES string of the molecule is CCn1cc(NC(=O)c2cc(Cl)c(Cl)n2C(C)C)ccc1=O. The van der Waals surface area contributed by atoms with Crippen LogP contribution in [0.15, 0.2) is 29.2 Å². The van der Waals surface area contributed by atoms with Gasteiger partial charge in [-0.05, 0) is 32.9 Å². The van der Waals surface area contributed by atoms with E-state index in [9.17, 15) is 9.59 Å². The Morgan fingerprint density at radius 1 is 1.32 bits per heavy atom. The molecule has 0 spiro atoms. The number of carbonyl (C=O) groups excluding carboxylic acids is 1. The number of aromatic nitrogens is 2. The lowest BCUT2D eigenvalue weighted by Gasteiger charge is -2.14. The van der Waals surface area contributed by atoms with Gasteiger partial charge in [0.15, 0.2) is 0 Å². The quantitative estimate of drug-likeness (QED) is 0.919. The topological polar surface area (TPSA) is 56.0 Å². The highest BCUT2D eigenvalue weighted by Crippen LogP contribution is 2.30. The molecule has 118 valence electrons. The Morgan fingerprint density at radius 3 is 2.59 bits per heavy atom. The van der Waals surface area contributed by atoms with E-state index in [4.69, 9.17) is 23.2 Å². The van der Waals surface area contributed by atoms with E-state index in [1.165, 1.54) is 16.7 Å². The molecule has 1 amide bonds. The van der Waals surface area contributed by atoms with Crippen LogP contribution in [0.5, 0.6) is 0 Å². The van der Waals surface area contributed by atoms with Gasteiger partial charge in [0.2, 0.25) is 0 Å². The summed E-state index contributed by atoms with van der Waals surface area (Å²) in [5, 5.41) is 3.43. The molecule has 0 unspecified atom stereocenters. The number of pyridine rings is 1. The molecule has 0 aliphatic rings. The van der Waals surface area contributed by atoms with Crippen molar-refractivity contribution in [2.45, 2.75) is 33.4 Å². The zero-order chi connectivity index (χ0) is 16.4. The monoisotopic (exact) mass is 341 g/mol. The number of nitrogens with one attached hydrogen (secondary N) is 1. The standard InChI is InChI=1S/C15H17Cl2N3O2/c1-4-19-8-10(5-6-13(19)21)18-15(22)12-7-11(16)14(17)20(12)9(2)3/h5-9H,4H2,1-3H3,(H,18,22). The maximum atomic E-state index is 12.5. The lowest BCUT2D eigenvalue weighted by Crippen LogP contribution is -2.21. The Labute approximate surface area is 138 Å². The number of rotatable bonds is 4. The smallest absolute Gasteiger partial charge is 0.272 e. The van der Waals surface area contributed by atoms with Crippen molar-refractivity contribution in [1.82, 2.24) is 9.13 Å². The molecule has 2 aromatic rings. The van der Waals surface area contributed by atoms with Crippen LogP contribution in [0.4, 0.5) is 5.69 Å². The Hall–Kier alpha value is -1.72. The number of hydrogen-bond acceptors (Lipinski definition) is 2. The van der Waals surface area contributed by atoms with Crippen LogP contribution in [0, 0.1) is 0 Å². The van der Waals surface area contributed by atoms with Crippen LogP contribution in [-0.4, -0.2) is 15.0 Å². The van der Waals surface area contributed by atoms with Crippen molar-refractivity contribution in [3.63, 3.8) is 0 Å². The number of aryl methyl sites for hydroxylation is 1. The molecule has 5 nitrogen and oxygen atoms in total. The van der Waals surface area contributed by atoms with Gasteiger partial charge in [0.1, 0.15) is 10.8 Å². The fourth-order valence-electron chi connectivity index (χ4n) is 2.20. The van der Waals surface area contributed by atoms with Gasteiger partial charge < -0.3 is 14.5 Å². The van der Waals surface area contributed by atoms with Crippen LogP contribution in [0.1, 0.15) is 37.3 Å². The molecule has 0 atom stereocenters. The fourth-order valence-corrected chi connectivity index (χ4v) is 2.73. The average Bonchev–Trinajstić information content (AvgIpc) is 2.77. The number of hydrogen-bond donors (Lipinski definition) is 1. The first kappa shape index (κ1) is 16.6. The van der Waals surface area contributed by atoms with Crippen molar-refractivity contribution in [2.24, 2.45) is 0 Å². The third-order valence-corrected chi connectivity index (χ3v) is 4.03. The molecule has 0 fully saturated rings. The van der Waals surface area contributed by atoms with Crippen molar-refractivity contribution in [1.29, 1.82) is 0 Å². The van der Waals surface area contributed by atoms with E-state index in [1.807, 2.05) is 20.8 Å². The summed E-state index contributed by atoms with van der Waals surface area (Å²) in [6.45, 7) is 6.21. The van der Waals surface area contributed by atoms with Gasteiger partial charge in [-0.25, -0.2) is 0 Å². The molecule has 0 saturated carbocycles. The van der Waals surface area contributed by atoms with Gasteiger partial charge in [0.25, 0.3) is 11.5 Å². The number of halogens is 2. The summed E-state index contributed by atoms with van der Waals surface area (Å²) in [5.74, 6) is -0.330. The first-order chi connectivity index (χ1) is 10.3. The van der Waals surface area contributed by atoms with Crippen LogP contribution >= 0.6 is 23.2 Å². The number of nitrogens with zero attached hydrogens (tertiary/aromatic N) is 2. The minimum absolute atomic E-state index is 0.00894. The third kappa shape index (κ3) is 3.20. The molecule has 0 radical (unpaired) electrons. The zero-order valence-corrected chi connectivity index (χ0v) is 14.1. The molecule has 0 bridgehead atoms. The van der Waals surface area contributed by atoms with Gasteiger partial charge in [-0.1, -0.05) is 23.2 Å². The van der Waals surface area contributed by atoms with E-state index < -0.39 is 0 Å². The molecular weight excluding hydrogens is 325 g/mol. The lowest BCUT2D eigenvalue weighted by molar-refractivity contribution is 0.101. The van der Waals surface area contributed by atoms with E-state index in [0.717, 1.165) is 0 Å². The summed E-state index contributed by atoms with van der Waals surface area (Å²) in [6, 6.07) is 4.51.